The number of rotatable bonds is 4. The van der Waals surface area contributed by atoms with Crippen LogP contribution in [0.3, 0.4) is 0 Å². The number of anilines is 1. The molecule has 0 unspecified atom stereocenters. The average molecular weight is 318 g/mol. The largest absolute Gasteiger partial charge is 0.361 e. The molecule has 2 rings (SSSR count). The first kappa shape index (κ1) is 15.7. The summed E-state index contributed by atoms with van der Waals surface area (Å²) >= 11 is 0. The number of amides is 2. The van der Waals surface area contributed by atoms with Crippen molar-refractivity contribution >= 4 is 27.5 Å². The average Bonchev–Trinajstić information content (AvgIpc) is 2.48. The van der Waals surface area contributed by atoms with Gasteiger partial charge in [-0.25, -0.2) is 8.42 Å². The molecule has 0 spiro atoms. The number of sulfonamides is 1. The summed E-state index contributed by atoms with van der Waals surface area (Å²) in [4.78, 5) is 23.1. The van der Waals surface area contributed by atoms with Crippen molar-refractivity contribution < 1.29 is 18.0 Å². The molecule has 0 aromatic heterocycles. The van der Waals surface area contributed by atoms with Crippen LogP contribution in [0.4, 0.5) is 5.69 Å². The molecule has 22 heavy (non-hydrogen) atoms. The minimum absolute atomic E-state index is 0.0715. The molecule has 0 aliphatic heterocycles. The maximum absolute atomic E-state index is 12.5. The number of hydrogen-bond acceptors (Lipinski definition) is 4. The minimum Gasteiger partial charge on any atom is -0.361 e. The Morgan fingerprint density at radius 1 is 0.909 bits per heavy atom. The second kappa shape index (κ2) is 6.40. The third kappa shape index (κ3) is 3.50. The van der Waals surface area contributed by atoms with Crippen molar-refractivity contribution in [2.45, 2.75) is 5.75 Å². The van der Waals surface area contributed by atoms with E-state index >= 15 is 0 Å². The van der Waals surface area contributed by atoms with Gasteiger partial charge in [0.05, 0.1) is 11.4 Å². The van der Waals surface area contributed by atoms with Gasteiger partial charge in [0.1, 0.15) is 0 Å². The standard InChI is InChI=1S/C15H14N2O4S/c16-14(18)15(19)17(13-9-5-2-6-10-13)22(20,21)11-12-7-3-1-4-8-12/h1-10H,11H2,(H2,16,18). The van der Waals surface area contributed by atoms with Gasteiger partial charge in [-0.2, -0.15) is 4.31 Å². The number of hydrogen-bond donors (Lipinski definition) is 1. The van der Waals surface area contributed by atoms with Crippen molar-refractivity contribution in [3.63, 3.8) is 0 Å². The molecule has 2 aromatic rings. The lowest BCUT2D eigenvalue weighted by atomic mass is 10.2. The first-order valence-electron chi connectivity index (χ1n) is 6.37. The number of nitrogens with zero attached hydrogens (tertiary/aromatic N) is 1. The molecule has 0 bridgehead atoms. The highest BCUT2D eigenvalue weighted by atomic mass is 32.2. The number of carbonyl (C=O) groups is 2. The van der Waals surface area contributed by atoms with Crippen molar-refractivity contribution in [2.75, 3.05) is 4.31 Å². The summed E-state index contributed by atoms with van der Waals surface area (Å²) in [7, 11) is -4.09. The molecular formula is C15H14N2O4S. The van der Waals surface area contributed by atoms with E-state index in [1.807, 2.05) is 0 Å². The van der Waals surface area contributed by atoms with E-state index < -0.39 is 27.6 Å². The smallest absolute Gasteiger partial charge is 0.329 e. The van der Waals surface area contributed by atoms with Gasteiger partial charge in [-0.15, -0.1) is 0 Å². The molecule has 6 nitrogen and oxygen atoms in total. The summed E-state index contributed by atoms with van der Waals surface area (Å²) in [5.74, 6) is -3.04. The number of nitrogens with two attached hydrogens (primary N) is 1. The second-order valence-electron chi connectivity index (χ2n) is 4.51. The Morgan fingerprint density at radius 2 is 1.41 bits per heavy atom. The lowest BCUT2D eigenvalue weighted by molar-refractivity contribution is -0.134. The summed E-state index contributed by atoms with van der Waals surface area (Å²) in [6.07, 6.45) is 0. The maximum atomic E-state index is 12.5. The van der Waals surface area contributed by atoms with Crippen molar-refractivity contribution in [1.29, 1.82) is 0 Å². The van der Waals surface area contributed by atoms with Crippen LogP contribution in [0.25, 0.3) is 0 Å². The molecule has 7 heteroatoms. The van der Waals surface area contributed by atoms with E-state index in [9.17, 15) is 18.0 Å². The van der Waals surface area contributed by atoms with E-state index in [1.54, 1.807) is 48.5 Å². The highest BCUT2D eigenvalue weighted by molar-refractivity contribution is 7.92. The van der Waals surface area contributed by atoms with E-state index in [2.05, 4.69) is 0 Å². The predicted molar refractivity (Wildman–Crippen MR) is 82.2 cm³/mol. The zero-order valence-electron chi connectivity index (χ0n) is 11.5. The van der Waals surface area contributed by atoms with Gasteiger partial charge in [0.2, 0.25) is 10.0 Å². The molecule has 0 fully saturated rings. The van der Waals surface area contributed by atoms with Gasteiger partial charge in [0.15, 0.2) is 0 Å². The molecule has 0 saturated heterocycles. The van der Waals surface area contributed by atoms with E-state index in [1.165, 1.54) is 12.1 Å². The Hall–Kier alpha value is -2.67. The van der Waals surface area contributed by atoms with E-state index in [-0.39, 0.29) is 5.69 Å². The van der Waals surface area contributed by atoms with Crippen molar-refractivity contribution in [3.05, 3.63) is 66.2 Å². The van der Waals surface area contributed by atoms with E-state index in [0.29, 0.717) is 9.87 Å². The summed E-state index contributed by atoms with van der Waals surface area (Å²) in [6.45, 7) is 0. The van der Waals surface area contributed by atoms with Gasteiger partial charge < -0.3 is 5.73 Å². The van der Waals surface area contributed by atoms with Gasteiger partial charge >= 0.3 is 11.8 Å². The van der Waals surface area contributed by atoms with Crippen LogP contribution in [0.5, 0.6) is 0 Å². The number of carbonyl (C=O) groups excluding carboxylic acids is 2. The molecule has 2 amide bonds. The normalized spacial score (nSPS) is 10.9. The van der Waals surface area contributed by atoms with E-state index in [4.69, 9.17) is 5.73 Å². The molecule has 0 aliphatic rings. The van der Waals surface area contributed by atoms with Crippen LogP contribution >= 0.6 is 0 Å². The van der Waals surface area contributed by atoms with Gasteiger partial charge in [0.25, 0.3) is 0 Å². The third-order valence-electron chi connectivity index (χ3n) is 2.86. The number of benzene rings is 2. The van der Waals surface area contributed by atoms with E-state index in [0.717, 1.165) is 0 Å². The van der Waals surface area contributed by atoms with Crippen molar-refractivity contribution in [2.24, 2.45) is 5.73 Å². The lowest BCUT2D eigenvalue weighted by Crippen LogP contribution is -2.44. The zero-order valence-corrected chi connectivity index (χ0v) is 12.4. The molecule has 0 atom stereocenters. The molecular weight excluding hydrogens is 304 g/mol. The summed E-state index contributed by atoms with van der Waals surface area (Å²) in [5.41, 5.74) is 5.54. The van der Waals surface area contributed by atoms with Gasteiger partial charge in [-0.05, 0) is 17.7 Å². The summed E-state index contributed by atoms with van der Waals surface area (Å²) in [5, 5.41) is 0. The van der Waals surface area contributed by atoms with Crippen LogP contribution in [0.15, 0.2) is 60.7 Å². The van der Waals surface area contributed by atoms with Gasteiger partial charge in [-0.3, -0.25) is 9.59 Å². The molecule has 0 saturated carbocycles. The van der Waals surface area contributed by atoms with Crippen LogP contribution < -0.4 is 10.0 Å². The number of para-hydroxylation sites is 1. The second-order valence-corrected chi connectivity index (χ2v) is 6.33. The first-order chi connectivity index (χ1) is 10.4. The Bertz CT molecular complexity index is 774. The van der Waals surface area contributed by atoms with Crippen LogP contribution in [-0.2, 0) is 25.4 Å². The van der Waals surface area contributed by atoms with Crippen LogP contribution in [0.2, 0.25) is 0 Å². The SMILES string of the molecule is NC(=O)C(=O)N(c1ccccc1)S(=O)(=O)Cc1ccccc1. The molecule has 0 aliphatic carbocycles. The fourth-order valence-corrected chi connectivity index (χ4v) is 3.45. The van der Waals surface area contributed by atoms with Crippen LogP contribution in [0, 0.1) is 0 Å². The van der Waals surface area contributed by atoms with Crippen LogP contribution in [0.1, 0.15) is 5.56 Å². The maximum Gasteiger partial charge on any atom is 0.329 e. The highest BCUT2D eigenvalue weighted by Gasteiger charge is 2.32. The summed E-state index contributed by atoms with van der Waals surface area (Å²) in [6, 6.07) is 16.0. The molecule has 2 aromatic carbocycles. The first-order valence-corrected chi connectivity index (χ1v) is 7.98. The molecule has 2 N–H and O–H groups in total. The minimum atomic E-state index is -4.09. The Labute approximate surface area is 128 Å². The van der Waals surface area contributed by atoms with Gasteiger partial charge in [0, 0.05) is 0 Å². The zero-order chi connectivity index (χ0) is 16.2. The van der Waals surface area contributed by atoms with Gasteiger partial charge in [-0.1, -0.05) is 48.5 Å². The molecule has 0 heterocycles. The molecule has 114 valence electrons. The van der Waals surface area contributed by atoms with Crippen molar-refractivity contribution in [3.8, 4) is 0 Å². The fraction of sp³-hybridized carbons (Fsp3) is 0.0667. The lowest BCUT2D eigenvalue weighted by Gasteiger charge is -2.21. The Balaban J connectivity index is 2.44. The molecule has 0 radical (unpaired) electrons. The van der Waals surface area contributed by atoms with Crippen LogP contribution in [-0.4, -0.2) is 20.2 Å². The Kier molecular flexibility index (Phi) is 4.57. The third-order valence-corrected chi connectivity index (χ3v) is 4.49. The summed E-state index contributed by atoms with van der Waals surface area (Å²) < 4.78 is 25.5. The predicted octanol–water partition coefficient (Wildman–Crippen LogP) is 1.03. The van der Waals surface area contributed by atoms with Crippen molar-refractivity contribution in [1.82, 2.24) is 0 Å². The highest BCUT2D eigenvalue weighted by Crippen LogP contribution is 2.20. The Morgan fingerprint density at radius 3 is 1.91 bits per heavy atom. The number of primary amides is 1. The monoisotopic (exact) mass is 318 g/mol. The fourth-order valence-electron chi connectivity index (χ4n) is 1.92. The quantitative estimate of drug-likeness (QED) is 0.851. The topological polar surface area (TPSA) is 97.5 Å².